The van der Waals surface area contributed by atoms with Gasteiger partial charge in [0.25, 0.3) is 0 Å². The van der Waals surface area contributed by atoms with Crippen molar-refractivity contribution in [2.45, 2.75) is 17.9 Å². The summed E-state index contributed by atoms with van der Waals surface area (Å²) in [6, 6.07) is 11.0. The molecule has 1 amide bonds. The zero-order valence-electron chi connectivity index (χ0n) is 13.9. The van der Waals surface area contributed by atoms with E-state index in [1.54, 1.807) is 30.0 Å². The van der Waals surface area contributed by atoms with Crippen LogP contribution in [0.5, 0.6) is 0 Å². The van der Waals surface area contributed by atoms with Gasteiger partial charge in [0.05, 0.1) is 5.69 Å². The van der Waals surface area contributed by atoms with Gasteiger partial charge in [-0.1, -0.05) is 18.2 Å². The molecule has 1 unspecified atom stereocenters. The number of nitrogens with zero attached hydrogens (tertiary/aromatic N) is 1. The fourth-order valence-corrected chi connectivity index (χ4v) is 4.19. The zero-order chi connectivity index (χ0) is 18.7. The first-order valence-corrected chi connectivity index (χ1v) is 9.78. The van der Waals surface area contributed by atoms with Crippen LogP contribution in [0.3, 0.4) is 0 Å². The first-order valence-electron chi connectivity index (χ1n) is 7.85. The fourth-order valence-electron chi connectivity index (χ4n) is 2.35. The highest BCUT2D eigenvalue weighted by molar-refractivity contribution is 7.98. The summed E-state index contributed by atoms with van der Waals surface area (Å²) in [5, 5.41) is 2.85. The minimum Gasteiger partial charge on any atom is -0.366 e. The summed E-state index contributed by atoms with van der Waals surface area (Å²) in [5.41, 5.74) is 8.28. The molecule has 3 nitrogen and oxygen atoms in total. The van der Waals surface area contributed by atoms with E-state index >= 15 is 0 Å². The largest absolute Gasteiger partial charge is 0.366 e. The van der Waals surface area contributed by atoms with Gasteiger partial charge in [0, 0.05) is 27.5 Å². The fraction of sp³-hybridized carbons (Fsp3) is 0.158. The normalized spacial score (nSPS) is 12.1. The minimum atomic E-state index is -0.836. The Morgan fingerprint density at radius 3 is 2.58 bits per heavy atom. The molecule has 2 N–H and O–H groups in total. The Morgan fingerprint density at radius 1 is 1.19 bits per heavy atom. The quantitative estimate of drug-likeness (QED) is 0.631. The Bertz CT molecular complexity index is 926. The van der Waals surface area contributed by atoms with Gasteiger partial charge in [-0.05, 0) is 36.8 Å². The van der Waals surface area contributed by atoms with Gasteiger partial charge < -0.3 is 5.73 Å². The number of amides is 1. The van der Waals surface area contributed by atoms with Gasteiger partial charge >= 0.3 is 0 Å². The minimum absolute atomic E-state index is 0.0186. The number of hydrogen-bond acceptors (Lipinski definition) is 4. The predicted octanol–water partition coefficient (Wildman–Crippen LogP) is 5.18. The lowest BCUT2D eigenvalue weighted by atomic mass is 10.1. The Morgan fingerprint density at radius 2 is 1.92 bits per heavy atom. The van der Waals surface area contributed by atoms with Crippen LogP contribution in [0.15, 0.2) is 47.8 Å². The van der Waals surface area contributed by atoms with Crippen LogP contribution >= 0.6 is 23.1 Å². The summed E-state index contributed by atoms with van der Waals surface area (Å²) >= 11 is 3.12. The summed E-state index contributed by atoms with van der Waals surface area (Å²) in [7, 11) is 0. The van der Waals surface area contributed by atoms with Gasteiger partial charge in [-0.15, -0.1) is 23.1 Å². The van der Waals surface area contributed by atoms with Crippen LogP contribution in [-0.4, -0.2) is 10.9 Å². The second kappa shape index (κ2) is 7.97. The molecular formula is C19H16F2N2OS2. The van der Waals surface area contributed by atoms with Gasteiger partial charge in [-0.25, -0.2) is 13.8 Å². The molecule has 1 atom stereocenters. The number of thiazole rings is 1. The van der Waals surface area contributed by atoms with Crippen molar-refractivity contribution in [2.24, 2.45) is 5.73 Å². The van der Waals surface area contributed by atoms with E-state index in [9.17, 15) is 13.6 Å². The second-order valence-corrected chi connectivity index (χ2v) is 7.90. The van der Waals surface area contributed by atoms with Crippen molar-refractivity contribution in [3.63, 3.8) is 0 Å². The van der Waals surface area contributed by atoms with Crippen molar-refractivity contribution >= 4 is 29.0 Å². The molecule has 26 heavy (non-hydrogen) atoms. The number of carbonyl (C=O) groups is 1. The number of halogens is 2. The molecule has 0 saturated carbocycles. The molecule has 0 bridgehead atoms. The Balaban J connectivity index is 1.64. The van der Waals surface area contributed by atoms with Crippen molar-refractivity contribution in [2.75, 3.05) is 0 Å². The molecule has 1 heterocycles. The lowest BCUT2D eigenvalue weighted by Crippen LogP contribution is -2.10. The monoisotopic (exact) mass is 390 g/mol. The van der Waals surface area contributed by atoms with E-state index < -0.39 is 17.5 Å². The van der Waals surface area contributed by atoms with Crippen LogP contribution in [0.2, 0.25) is 0 Å². The second-order valence-electron chi connectivity index (χ2n) is 5.71. The van der Waals surface area contributed by atoms with Crippen molar-refractivity contribution in [1.82, 2.24) is 4.98 Å². The van der Waals surface area contributed by atoms with Crippen molar-refractivity contribution < 1.29 is 13.6 Å². The van der Waals surface area contributed by atoms with Crippen molar-refractivity contribution in [1.29, 1.82) is 0 Å². The maximum atomic E-state index is 13.3. The molecule has 134 valence electrons. The van der Waals surface area contributed by atoms with Crippen LogP contribution in [0.4, 0.5) is 8.78 Å². The van der Waals surface area contributed by atoms with E-state index in [1.165, 1.54) is 17.4 Å². The lowest BCUT2D eigenvalue weighted by molar-refractivity contribution is 0.100. The van der Waals surface area contributed by atoms with E-state index in [-0.39, 0.29) is 5.25 Å². The molecule has 0 aliphatic heterocycles. The third-order valence-electron chi connectivity index (χ3n) is 3.86. The predicted molar refractivity (Wildman–Crippen MR) is 102 cm³/mol. The summed E-state index contributed by atoms with van der Waals surface area (Å²) in [4.78, 5) is 15.7. The highest BCUT2D eigenvalue weighted by Gasteiger charge is 2.12. The third-order valence-corrected chi connectivity index (χ3v) is 6.04. The number of primary amides is 1. The summed E-state index contributed by atoms with van der Waals surface area (Å²) in [5.74, 6) is -1.46. The summed E-state index contributed by atoms with van der Waals surface area (Å²) in [6.07, 6.45) is 0. The van der Waals surface area contributed by atoms with E-state index in [0.717, 1.165) is 27.9 Å². The molecule has 0 aliphatic carbocycles. The molecular weight excluding hydrogens is 374 g/mol. The molecule has 0 radical (unpaired) electrons. The Labute approximate surface area is 158 Å². The molecule has 0 aliphatic rings. The lowest BCUT2D eigenvalue weighted by Gasteiger charge is -2.11. The van der Waals surface area contributed by atoms with E-state index in [0.29, 0.717) is 11.3 Å². The molecule has 0 spiro atoms. The van der Waals surface area contributed by atoms with Gasteiger partial charge in [-0.2, -0.15) is 0 Å². The van der Waals surface area contributed by atoms with Crippen LogP contribution in [0.1, 0.15) is 33.8 Å². The van der Waals surface area contributed by atoms with Gasteiger partial charge in [-0.3, -0.25) is 4.79 Å². The first kappa shape index (κ1) is 18.5. The van der Waals surface area contributed by atoms with Crippen molar-refractivity contribution in [3.8, 4) is 10.6 Å². The number of nitrogens with two attached hydrogens (primary N) is 1. The van der Waals surface area contributed by atoms with Crippen LogP contribution in [-0.2, 0) is 5.75 Å². The third kappa shape index (κ3) is 4.28. The molecule has 0 saturated heterocycles. The Hall–Kier alpha value is -2.25. The van der Waals surface area contributed by atoms with Crippen LogP contribution < -0.4 is 5.73 Å². The molecule has 3 aromatic rings. The molecule has 0 fully saturated rings. The number of hydrogen-bond donors (Lipinski definition) is 1. The maximum Gasteiger partial charge on any atom is 0.248 e. The number of benzene rings is 2. The van der Waals surface area contributed by atoms with E-state index in [1.807, 2.05) is 24.4 Å². The molecule has 7 heteroatoms. The standard InChI is InChI=1S/C19H16F2N2OS2/c1-11(14-6-7-16(20)17(21)8-14)25-9-15-10-26-19(23-15)13-4-2-12(3-5-13)18(22)24/h2-8,10-11H,9H2,1H3,(H2,22,24). The molecule has 1 aromatic heterocycles. The number of thioether (sulfide) groups is 1. The maximum absolute atomic E-state index is 13.3. The van der Waals surface area contributed by atoms with Crippen LogP contribution in [0.25, 0.3) is 10.6 Å². The first-order chi connectivity index (χ1) is 12.4. The number of carbonyl (C=O) groups excluding carboxylic acids is 1. The van der Waals surface area contributed by atoms with E-state index in [2.05, 4.69) is 4.98 Å². The summed E-state index contributed by atoms with van der Waals surface area (Å²) < 4.78 is 26.4. The topological polar surface area (TPSA) is 56.0 Å². The van der Waals surface area contributed by atoms with Crippen molar-refractivity contribution in [3.05, 3.63) is 76.3 Å². The van der Waals surface area contributed by atoms with Gasteiger partial charge in [0.15, 0.2) is 11.6 Å². The highest BCUT2D eigenvalue weighted by Crippen LogP contribution is 2.33. The zero-order valence-corrected chi connectivity index (χ0v) is 15.5. The smallest absolute Gasteiger partial charge is 0.248 e. The van der Waals surface area contributed by atoms with Gasteiger partial charge in [0.1, 0.15) is 5.01 Å². The number of rotatable bonds is 6. The highest BCUT2D eigenvalue weighted by atomic mass is 32.2. The number of aromatic nitrogens is 1. The molecule has 2 aromatic carbocycles. The van der Waals surface area contributed by atoms with Gasteiger partial charge in [0.2, 0.25) is 5.91 Å². The molecule has 3 rings (SSSR count). The Kier molecular flexibility index (Phi) is 5.68. The average molecular weight is 390 g/mol. The average Bonchev–Trinajstić information content (AvgIpc) is 3.11. The van der Waals surface area contributed by atoms with Crippen LogP contribution in [0, 0.1) is 11.6 Å². The van der Waals surface area contributed by atoms with E-state index in [4.69, 9.17) is 5.73 Å². The summed E-state index contributed by atoms with van der Waals surface area (Å²) in [6.45, 7) is 1.95. The SMILES string of the molecule is CC(SCc1csc(-c2ccc(C(N)=O)cc2)n1)c1ccc(F)c(F)c1.